The first-order valence-corrected chi connectivity index (χ1v) is 5.78. The smallest absolute Gasteiger partial charge is 0.159 e. The van der Waals surface area contributed by atoms with Gasteiger partial charge in [-0.25, -0.2) is 0 Å². The van der Waals surface area contributed by atoms with Crippen molar-refractivity contribution in [2.24, 2.45) is 0 Å². The summed E-state index contributed by atoms with van der Waals surface area (Å²) >= 11 is 5.79. The Balaban J connectivity index is 2.30. The number of benzene rings is 2. The van der Waals surface area contributed by atoms with Crippen molar-refractivity contribution in [2.75, 3.05) is 5.73 Å². The highest BCUT2D eigenvalue weighted by Gasteiger charge is 2.06. The fraction of sp³-hybridized carbons (Fsp3) is 0.0714. The molecule has 0 fully saturated rings. The molecule has 0 aliphatic heterocycles. The maximum atomic E-state index is 11.3. The number of hydrogen-bond acceptors (Lipinski definition) is 3. The average molecular weight is 262 g/mol. The molecular weight excluding hydrogens is 250 g/mol. The summed E-state index contributed by atoms with van der Waals surface area (Å²) in [7, 11) is 0. The van der Waals surface area contributed by atoms with Gasteiger partial charge in [-0.3, -0.25) is 4.79 Å². The van der Waals surface area contributed by atoms with Crippen LogP contribution in [0.15, 0.2) is 42.5 Å². The highest BCUT2D eigenvalue weighted by molar-refractivity contribution is 6.30. The number of halogens is 1. The molecule has 0 aliphatic rings. The van der Waals surface area contributed by atoms with Crippen molar-refractivity contribution >= 4 is 23.1 Å². The van der Waals surface area contributed by atoms with E-state index in [-0.39, 0.29) is 5.78 Å². The molecule has 2 aromatic carbocycles. The van der Waals surface area contributed by atoms with E-state index in [0.717, 1.165) is 0 Å². The van der Waals surface area contributed by atoms with Crippen LogP contribution in [0.25, 0.3) is 0 Å². The van der Waals surface area contributed by atoms with Gasteiger partial charge in [-0.05, 0) is 49.4 Å². The van der Waals surface area contributed by atoms with Crippen molar-refractivity contribution in [3.8, 4) is 11.5 Å². The fourth-order valence-corrected chi connectivity index (χ4v) is 1.60. The third-order valence-corrected chi connectivity index (χ3v) is 2.71. The van der Waals surface area contributed by atoms with Gasteiger partial charge in [-0.2, -0.15) is 0 Å². The van der Waals surface area contributed by atoms with Crippen LogP contribution in [0.3, 0.4) is 0 Å². The number of nitrogens with two attached hydrogens (primary N) is 1. The molecule has 3 nitrogen and oxygen atoms in total. The number of ether oxygens (including phenoxy) is 1. The normalized spacial score (nSPS) is 10.1. The van der Waals surface area contributed by atoms with Gasteiger partial charge in [0.25, 0.3) is 0 Å². The summed E-state index contributed by atoms with van der Waals surface area (Å²) in [5.74, 6) is 1.05. The predicted octanol–water partition coefficient (Wildman–Crippen LogP) is 3.92. The Kier molecular flexibility index (Phi) is 3.53. The first-order valence-electron chi connectivity index (χ1n) is 5.40. The number of Topliss-reactive ketones (excluding diaryl/α,β-unsaturated/α-hetero) is 1. The predicted molar refractivity (Wildman–Crippen MR) is 72.4 cm³/mol. The Labute approximate surface area is 110 Å². The van der Waals surface area contributed by atoms with Gasteiger partial charge in [0, 0.05) is 10.6 Å². The summed E-state index contributed by atoms with van der Waals surface area (Å²) < 4.78 is 5.62. The summed E-state index contributed by atoms with van der Waals surface area (Å²) in [5.41, 5.74) is 6.85. The lowest BCUT2D eigenvalue weighted by molar-refractivity contribution is 0.101. The zero-order valence-corrected chi connectivity index (χ0v) is 10.6. The molecule has 0 aromatic heterocycles. The van der Waals surface area contributed by atoms with Gasteiger partial charge in [0.15, 0.2) is 11.5 Å². The number of ketones is 1. The SMILES string of the molecule is CC(=O)c1ccc(N)c(Oc2ccc(Cl)cc2)c1. The average Bonchev–Trinajstić information content (AvgIpc) is 2.34. The molecule has 0 saturated carbocycles. The molecule has 0 aliphatic carbocycles. The topological polar surface area (TPSA) is 52.3 Å². The fourth-order valence-electron chi connectivity index (χ4n) is 1.47. The Morgan fingerprint density at radius 3 is 2.44 bits per heavy atom. The minimum absolute atomic E-state index is 0.0315. The van der Waals surface area contributed by atoms with Crippen LogP contribution in [0, 0.1) is 0 Å². The molecule has 0 amide bonds. The van der Waals surface area contributed by atoms with Crippen LogP contribution < -0.4 is 10.5 Å². The molecular formula is C14H12ClNO2. The molecule has 2 N–H and O–H groups in total. The van der Waals surface area contributed by atoms with Gasteiger partial charge < -0.3 is 10.5 Å². The first-order chi connectivity index (χ1) is 8.56. The number of hydrogen-bond donors (Lipinski definition) is 1. The molecule has 0 bridgehead atoms. The van der Waals surface area contributed by atoms with Crippen LogP contribution >= 0.6 is 11.6 Å². The van der Waals surface area contributed by atoms with Crippen molar-refractivity contribution in [1.82, 2.24) is 0 Å². The van der Waals surface area contributed by atoms with Gasteiger partial charge in [-0.1, -0.05) is 11.6 Å². The van der Waals surface area contributed by atoms with Crippen molar-refractivity contribution in [3.05, 3.63) is 53.1 Å². The van der Waals surface area contributed by atoms with E-state index in [2.05, 4.69) is 0 Å². The van der Waals surface area contributed by atoms with Gasteiger partial charge in [0.1, 0.15) is 5.75 Å². The van der Waals surface area contributed by atoms with E-state index in [0.29, 0.717) is 27.8 Å². The van der Waals surface area contributed by atoms with Crippen molar-refractivity contribution in [2.45, 2.75) is 6.92 Å². The molecule has 0 atom stereocenters. The minimum Gasteiger partial charge on any atom is -0.455 e. The van der Waals surface area contributed by atoms with E-state index in [4.69, 9.17) is 22.1 Å². The Hall–Kier alpha value is -2.00. The standard InChI is InChI=1S/C14H12ClNO2/c1-9(17)10-2-7-13(16)14(8-10)18-12-5-3-11(15)4-6-12/h2-8H,16H2,1H3. The van der Waals surface area contributed by atoms with Gasteiger partial charge in [0.05, 0.1) is 5.69 Å². The summed E-state index contributed by atoms with van der Waals surface area (Å²) in [4.78, 5) is 11.3. The second-order valence-electron chi connectivity index (χ2n) is 3.86. The van der Waals surface area contributed by atoms with Crippen LogP contribution in [0.2, 0.25) is 5.02 Å². The molecule has 18 heavy (non-hydrogen) atoms. The van der Waals surface area contributed by atoms with Gasteiger partial charge >= 0.3 is 0 Å². The molecule has 4 heteroatoms. The monoisotopic (exact) mass is 261 g/mol. The lowest BCUT2D eigenvalue weighted by Gasteiger charge is -2.09. The molecule has 0 spiro atoms. The van der Waals surface area contributed by atoms with E-state index >= 15 is 0 Å². The molecule has 0 saturated heterocycles. The van der Waals surface area contributed by atoms with Crippen LogP contribution in [-0.2, 0) is 0 Å². The summed E-state index contributed by atoms with van der Waals surface area (Å²) in [6, 6.07) is 11.9. The van der Waals surface area contributed by atoms with Crippen molar-refractivity contribution in [3.63, 3.8) is 0 Å². The summed E-state index contributed by atoms with van der Waals surface area (Å²) in [6.45, 7) is 1.50. The Bertz CT molecular complexity index is 579. The van der Waals surface area contributed by atoms with E-state index in [1.54, 1.807) is 42.5 Å². The number of nitrogen functional groups attached to an aromatic ring is 1. The van der Waals surface area contributed by atoms with Crippen LogP contribution in [0.5, 0.6) is 11.5 Å². The second kappa shape index (κ2) is 5.10. The van der Waals surface area contributed by atoms with Gasteiger partial charge in [-0.15, -0.1) is 0 Å². The molecule has 0 radical (unpaired) electrons. The van der Waals surface area contributed by atoms with E-state index in [1.165, 1.54) is 6.92 Å². The third kappa shape index (κ3) is 2.81. The lowest BCUT2D eigenvalue weighted by Crippen LogP contribution is -1.97. The number of carbonyl (C=O) groups is 1. The second-order valence-corrected chi connectivity index (χ2v) is 4.30. The van der Waals surface area contributed by atoms with Crippen LogP contribution in [0.4, 0.5) is 5.69 Å². The van der Waals surface area contributed by atoms with E-state index in [9.17, 15) is 4.79 Å². The molecule has 0 unspecified atom stereocenters. The largest absolute Gasteiger partial charge is 0.455 e. The molecule has 2 aromatic rings. The van der Waals surface area contributed by atoms with Crippen LogP contribution in [0.1, 0.15) is 17.3 Å². The van der Waals surface area contributed by atoms with Gasteiger partial charge in [0.2, 0.25) is 0 Å². The maximum absolute atomic E-state index is 11.3. The van der Waals surface area contributed by atoms with Crippen molar-refractivity contribution in [1.29, 1.82) is 0 Å². The zero-order chi connectivity index (χ0) is 13.1. The third-order valence-electron chi connectivity index (χ3n) is 2.46. The molecule has 0 heterocycles. The lowest BCUT2D eigenvalue weighted by atomic mass is 10.1. The van der Waals surface area contributed by atoms with Crippen LogP contribution in [-0.4, -0.2) is 5.78 Å². The first kappa shape index (κ1) is 12.5. The maximum Gasteiger partial charge on any atom is 0.159 e. The zero-order valence-electron chi connectivity index (χ0n) is 9.81. The summed E-state index contributed by atoms with van der Waals surface area (Å²) in [5, 5.41) is 0.632. The minimum atomic E-state index is -0.0315. The molecule has 2 rings (SSSR count). The summed E-state index contributed by atoms with van der Waals surface area (Å²) in [6.07, 6.45) is 0. The highest BCUT2D eigenvalue weighted by atomic mass is 35.5. The van der Waals surface area contributed by atoms with Crippen molar-refractivity contribution < 1.29 is 9.53 Å². The number of carbonyl (C=O) groups excluding carboxylic acids is 1. The molecule has 92 valence electrons. The van der Waals surface area contributed by atoms with E-state index < -0.39 is 0 Å². The highest BCUT2D eigenvalue weighted by Crippen LogP contribution is 2.29. The number of rotatable bonds is 3. The Morgan fingerprint density at radius 2 is 1.83 bits per heavy atom. The quantitative estimate of drug-likeness (QED) is 0.673. The van der Waals surface area contributed by atoms with E-state index in [1.807, 2.05) is 0 Å². The number of anilines is 1. The Morgan fingerprint density at radius 1 is 1.17 bits per heavy atom.